The van der Waals surface area contributed by atoms with Crippen LogP contribution in [-0.4, -0.2) is 40.2 Å². The zero-order valence-corrected chi connectivity index (χ0v) is 24.1. The second-order valence-electron chi connectivity index (χ2n) is 10.7. The van der Waals surface area contributed by atoms with Crippen molar-refractivity contribution < 1.29 is 14.3 Å². The van der Waals surface area contributed by atoms with Gasteiger partial charge in [0.2, 0.25) is 5.17 Å². The van der Waals surface area contributed by atoms with E-state index in [1.165, 1.54) is 48.0 Å². The number of hydrogen-bond donors (Lipinski definition) is 1. The van der Waals surface area contributed by atoms with Gasteiger partial charge in [-0.05, 0) is 71.5 Å². The third kappa shape index (κ3) is 7.82. The number of nitrogens with one attached hydrogen (secondary N) is 1. The number of nitrogens with zero attached hydrogens (tertiary/aromatic N) is 3. The number of hydrogen-bond acceptors (Lipinski definition) is 6. The minimum absolute atomic E-state index is 0.0616. The van der Waals surface area contributed by atoms with Crippen molar-refractivity contribution in [3.8, 4) is 11.5 Å². The van der Waals surface area contributed by atoms with Gasteiger partial charge in [0, 0.05) is 0 Å². The Balaban J connectivity index is 1.28. The summed E-state index contributed by atoms with van der Waals surface area (Å²) in [6.07, 6.45) is 8.45. The molecular weight excluding hydrogens is 508 g/mol. The lowest BCUT2D eigenvalue weighted by Gasteiger charge is -2.20. The maximum atomic E-state index is 12.7. The number of carbonyl (C=O) groups excluding carboxylic acids is 1. The molecule has 0 aromatic heterocycles. The summed E-state index contributed by atoms with van der Waals surface area (Å²) >= 11 is 1.40. The maximum absolute atomic E-state index is 12.7. The molecule has 0 atom stereocenters. The van der Waals surface area contributed by atoms with Crippen molar-refractivity contribution in [2.75, 3.05) is 13.2 Å². The van der Waals surface area contributed by atoms with Crippen LogP contribution in [0.15, 0.2) is 64.2 Å². The summed E-state index contributed by atoms with van der Waals surface area (Å²) in [4.78, 5) is 16.9. The van der Waals surface area contributed by atoms with Gasteiger partial charge in [-0.25, -0.2) is 0 Å². The first-order valence-corrected chi connectivity index (χ1v) is 14.5. The third-order valence-electron chi connectivity index (χ3n) is 6.52. The Kier molecular flexibility index (Phi) is 9.62. The molecule has 0 saturated heterocycles. The van der Waals surface area contributed by atoms with Crippen LogP contribution in [0, 0.1) is 5.41 Å². The Hall–Kier alpha value is -3.39. The first kappa shape index (κ1) is 28.6. The Labute approximate surface area is 235 Å². The minimum Gasteiger partial charge on any atom is -0.490 e. The minimum atomic E-state index is -0.411. The molecule has 2 aromatic rings. The fourth-order valence-electron chi connectivity index (χ4n) is 4.21. The summed E-state index contributed by atoms with van der Waals surface area (Å²) in [6.45, 7) is 9.61. The van der Waals surface area contributed by atoms with Crippen LogP contribution in [0.5, 0.6) is 11.5 Å². The van der Waals surface area contributed by atoms with E-state index in [9.17, 15) is 4.79 Å². The molecule has 0 saturated carbocycles. The summed E-state index contributed by atoms with van der Waals surface area (Å²) in [5.41, 5.74) is 2.40. The lowest BCUT2D eigenvalue weighted by Crippen LogP contribution is -2.35. The van der Waals surface area contributed by atoms with E-state index >= 15 is 0 Å². The van der Waals surface area contributed by atoms with E-state index in [0.29, 0.717) is 24.1 Å². The molecule has 1 amide bonds. The van der Waals surface area contributed by atoms with Crippen LogP contribution in [0.1, 0.15) is 77.3 Å². The number of amides is 1. The number of ether oxygens (including phenoxy) is 2. The van der Waals surface area contributed by atoms with Crippen LogP contribution < -0.4 is 9.47 Å². The monoisotopic (exact) mass is 546 g/mol. The van der Waals surface area contributed by atoms with Gasteiger partial charge in [0.15, 0.2) is 5.84 Å². The second-order valence-corrected chi connectivity index (χ2v) is 11.8. The first-order valence-electron chi connectivity index (χ1n) is 13.7. The number of aliphatic imine (C=N–C) groups is 1. The lowest BCUT2D eigenvalue weighted by molar-refractivity contribution is -0.114. The molecule has 1 N–H and O–H groups in total. The third-order valence-corrected chi connectivity index (χ3v) is 7.49. The van der Waals surface area contributed by atoms with E-state index < -0.39 is 5.91 Å². The van der Waals surface area contributed by atoms with Gasteiger partial charge in [0.1, 0.15) is 29.8 Å². The molecule has 206 valence electrons. The molecule has 4 rings (SSSR count). The number of carbonyl (C=O) groups is 1. The highest BCUT2D eigenvalue weighted by molar-refractivity contribution is 8.26. The van der Waals surface area contributed by atoms with Gasteiger partial charge in [-0.2, -0.15) is 15.1 Å². The van der Waals surface area contributed by atoms with E-state index in [0.717, 1.165) is 29.2 Å². The molecule has 0 fully saturated rings. The number of benzene rings is 2. The zero-order valence-electron chi connectivity index (χ0n) is 23.3. The van der Waals surface area contributed by atoms with Crippen LogP contribution in [-0.2, 0) is 10.2 Å². The van der Waals surface area contributed by atoms with E-state index in [-0.39, 0.29) is 16.8 Å². The largest absolute Gasteiger partial charge is 0.490 e. The molecule has 2 aliphatic rings. The van der Waals surface area contributed by atoms with Crippen molar-refractivity contribution in [3.05, 3.63) is 65.2 Å². The molecule has 0 spiro atoms. The molecule has 39 heavy (non-hydrogen) atoms. The summed E-state index contributed by atoms with van der Waals surface area (Å²) in [5, 5.41) is 16.0. The number of thioether (sulfide) groups is 1. The Morgan fingerprint density at radius 1 is 0.923 bits per heavy atom. The highest BCUT2D eigenvalue weighted by Gasteiger charge is 2.35. The van der Waals surface area contributed by atoms with Gasteiger partial charge in [0.25, 0.3) is 5.91 Å². The Morgan fingerprint density at radius 3 is 2.15 bits per heavy atom. The smallest absolute Gasteiger partial charge is 0.283 e. The van der Waals surface area contributed by atoms with Crippen molar-refractivity contribution in [1.29, 1.82) is 5.41 Å². The van der Waals surface area contributed by atoms with E-state index in [2.05, 4.69) is 49.9 Å². The van der Waals surface area contributed by atoms with Gasteiger partial charge in [-0.15, -0.1) is 0 Å². The molecule has 0 unspecified atom stereocenters. The van der Waals surface area contributed by atoms with Gasteiger partial charge in [-0.1, -0.05) is 77.6 Å². The summed E-state index contributed by atoms with van der Waals surface area (Å²) in [5.74, 6) is 1.18. The van der Waals surface area contributed by atoms with Gasteiger partial charge in [0.05, 0.1) is 5.57 Å². The van der Waals surface area contributed by atoms with Crippen molar-refractivity contribution in [2.24, 2.45) is 10.1 Å². The van der Waals surface area contributed by atoms with Crippen LogP contribution >= 0.6 is 11.8 Å². The van der Waals surface area contributed by atoms with Crippen molar-refractivity contribution >= 4 is 39.8 Å². The number of rotatable bonds is 12. The molecule has 2 heterocycles. The zero-order chi connectivity index (χ0) is 27.8. The molecule has 8 heteroatoms. The van der Waals surface area contributed by atoms with E-state index in [1.807, 2.05) is 36.4 Å². The quantitative estimate of drug-likeness (QED) is 0.221. The average Bonchev–Trinajstić information content (AvgIpc) is 3.32. The normalized spacial score (nSPS) is 16.3. The average molecular weight is 547 g/mol. The number of fused-ring (bicyclic) bond motifs is 1. The highest BCUT2D eigenvalue weighted by atomic mass is 32.2. The van der Waals surface area contributed by atoms with Gasteiger partial charge in [-0.3, -0.25) is 10.2 Å². The predicted octanol–water partition coefficient (Wildman–Crippen LogP) is 7.42. The Morgan fingerprint density at radius 2 is 1.54 bits per heavy atom. The summed E-state index contributed by atoms with van der Waals surface area (Å²) in [6, 6.07) is 15.6. The van der Waals surface area contributed by atoms with Crippen LogP contribution in [0.25, 0.3) is 6.08 Å². The second kappa shape index (κ2) is 13.1. The van der Waals surface area contributed by atoms with E-state index in [1.54, 1.807) is 6.08 Å². The molecule has 0 radical (unpaired) electrons. The molecule has 0 bridgehead atoms. The fourth-order valence-corrected chi connectivity index (χ4v) is 5.14. The predicted molar refractivity (Wildman–Crippen MR) is 161 cm³/mol. The standard InChI is InChI=1S/C31H38N4O3S/c1-5-6-7-8-9-10-27-34-35-28(32)26(29(36)33-30(35)39-27)21-22-11-15-24(16-12-22)37-19-20-38-25-17-13-23(14-18-25)31(2,3)4/h11-18,21,32H,5-10,19-20H2,1-4H3. The van der Waals surface area contributed by atoms with Crippen LogP contribution in [0.2, 0.25) is 0 Å². The summed E-state index contributed by atoms with van der Waals surface area (Å²) in [7, 11) is 0. The fraction of sp³-hybridized carbons (Fsp3) is 0.419. The molecule has 7 nitrogen and oxygen atoms in total. The lowest BCUT2D eigenvalue weighted by atomic mass is 9.87. The van der Waals surface area contributed by atoms with E-state index in [4.69, 9.17) is 14.9 Å². The van der Waals surface area contributed by atoms with Gasteiger partial charge < -0.3 is 9.47 Å². The number of hydrazone groups is 1. The van der Waals surface area contributed by atoms with Crippen LogP contribution in [0.4, 0.5) is 0 Å². The molecule has 2 aliphatic heterocycles. The Bertz CT molecular complexity index is 1260. The number of amidine groups is 2. The van der Waals surface area contributed by atoms with Crippen molar-refractivity contribution in [1.82, 2.24) is 5.01 Å². The van der Waals surface area contributed by atoms with Crippen molar-refractivity contribution in [3.63, 3.8) is 0 Å². The number of unbranched alkanes of at least 4 members (excludes halogenated alkanes) is 4. The molecule has 2 aromatic carbocycles. The van der Waals surface area contributed by atoms with Gasteiger partial charge >= 0.3 is 0 Å². The first-order chi connectivity index (χ1) is 18.7. The SMILES string of the molecule is CCCCCCCC1=NN2C(=N)C(=Cc3ccc(OCCOc4ccc(C(C)(C)C)cc4)cc3)C(=O)N=C2S1. The maximum Gasteiger partial charge on any atom is 0.283 e. The topological polar surface area (TPSA) is 87.3 Å². The molecular formula is C31H38N4O3S. The molecule has 0 aliphatic carbocycles. The highest BCUT2D eigenvalue weighted by Crippen LogP contribution is 2.30. The van der Waals surface area contributed by atoms with Crippen molar-refractivity contribution in [2.45, 2.75) is 71.6 Å². The summed E-state index contributed by atoms with van der Waals surface area (Å²) < 4.78 is 11.6. The van der Waals surface area contributed by atoms with Crippen LogP contribution in [0.3, 0.4) is 0 Å².